The Morgan fingerprint density at radius 2 is 1.96 bits per heavy atom. The van der Waals surface area contributed by atoms with E-state index in [4.69, 9.17) is 16.3 Å². The first-order chi connectivity index (χ1) is 10.7. The molecule has 0 aliphatic rings. The molecule has 0 radical (unpaired) electrons. The second-order valence-corrected chi connectivity index (χ2v) is 7.05. The number of amides is 2. The van der Waals surface area contributed by atoms with Crippen LogP contribution in [0, 0.1) is 5.41 Å². The average Bonchev–Trinajstić information content (AvgIpc) is 2.44. The van der Waals surface area contributed by atoms with E-state index in [2.05, 4.69) is 10.6 Å². The SMILES string of the molecule is CC(O)CC(C)(C)CNC(=O)NCC(C)Oc1ccccc1Cl. The van der Waals surface area contributed by atoms with Crippen LogP contribution in [-0.4, -0.2) is 36.4 Å². The lowest BCUT2D eigenvalue weighted by atomic mass is 9.87. The number of aliphatic hydroxyl groups is 1. The number of rotatable bonds is 8. The molecule has 1 rings (SSSR count). The van der Waals surface area contributed by atoms with Crippen LogP contribution in [0.2, 0.25) is 5.02 Å². The van der Waals surface area contributed by atoms with Crippen molar-refractivity contribution in [2.75, 3.05) is 13.1 Å². The van der Waals surface area contributed by atoms with Gasteiger partial charge in [-0.05, 0) is 37.8 Å². The molecule has 2 atom stereocenters. The molecule has 0 spiro atoms. The van der Waals surface area contributed by atoms with Crippen LogP contribution in [0.1, 0.15) is 34.1 Å². The van der Waals surface area contributed by atoms with Crippen molar-refractivity contribution >= 4 is 17.6 Å². The molecule has 1 aromatic rings. The molecule has 2 unspecified atom stereocenters. The fourth-order valence-corrected chi connectivity index (χ4v) is 2.47. The lowest BCUT2D eigenvalue weighted by molar-refractivity contribution is 0.128. The number of carbonyl (C=O) groups excluding carboxylic acids is 1. The molecule has 5 nitrogen and oxygen atoms in total. The molecule has 3 N–H and O–H groups in total. The van der Waals surface area contributed by atoms with Gasteiger partial charge in [-0.25, -0.2) is 4.79 Å². The van der Waals surface area contributed by atoms with E-state index in [9.17, 15) is 9.90 Å². The van der Waals surface area contributed by atoms with Crippen molar-refractivity contribution < 1.29 is 14.6 Å². The van der Waals surface area contributed by atoms with Gasteiger partial charge >= 0.3 is 6.03 Å². The van der Waals surface area contributed by atoms with Crippen molar-refractivity contribution in [2.45, 2.75) is 46.3 Å². The summed E-state index contributed by atoms with van der Waals surface area (Å²) in [7, 11) is 0. The first-order valence-corrected chi connectivity index (χ1v) is 8.18. The lowest BCUT2D eigenvalue weighted by Crippen LogP contribution is -2.44. The molecule has 0 aliphatic heterocycles. The van der Waals surface area contributed by atoms with Crippen LogP contribution in [0.25, 0.3) is 0 Å². The Kier molecular flexibility index (Phi) is 7.65. The van der Waals surface area contributed by atoms with Crippen molar-refractivity contribution in [3.63, 3.8) is 0 Å². The van der Waals surface area contributed by atoms with E-state index >= 15 is 0 Å². The minimum Gasteiger partial charge on any atom is -0.487 e. The standard InChI is InChI=1S/C17H27ClN2O3/c1-12(21)9-17(3,4)11-20-16(22)19-10-13(2)23-15-8-6-5-7-14(15)18/h5-8,12-13,21H,9-11H2,1-4H3,(H2,19,20,22). The number of hydrogen-bond acceptors (Lipinski definition) is 3. The summed E-state index contributed by atoms with van der Waals surface area (Å²) in [4.78, 5) is 11.8. The molecule has 23 heavy (non-hydrogen) atoms. The van der Waals surface area contributed by atoms with E-state index in [0.717, 1.165) is 0 Å². The third-order valence-corrected chi connectivity index (χ3v) is 3.60. The van der Waals surface area contributed by atoms with E-state index in [1.165, 1.54) is 0 Å². The minimum atomic E-state index is -0.390. The second-order valence-electron chi connectivity index (χ2n) is 6.64. The van der Waals surface area contributed by atoms with Gasteiger partial charge in [0, 0.05) is 6.54 Å². The van der Waals surface area contributed by atoms with E-state index in [0.29, 0.717) is 30.3 Å². The van der Waals surface area contributed by atoms with Crippen LogP contribution in [0.4, 0.5) is 4.79 Å². The third kappa shape index (κ3) is 8.09. The highest BCUT2D eigenvalue weighted by Crippen LogP contribution is 2.24. The summed E-state index contributed by atoms with van der Waals surface area (Å²) < 4.78 is 5.69. The normalized spacial score (nSPS) is 14.0. The first kappa shape index (κ1) is 19.6. The Labute approximate surface area is 143 Å². The summed E-state index contributed by atoms with van der Waals surface area (Å²) in [6.07, 6.45) is 0.0317. The van der Waals surface area contributed by atoms with Gasteiger partial charge in [0.15, 0.2) is 0 Å². The summed E-state index contributed by atoms with van der Waals surface area (Å²) in [6.45, 7) is 8.47. The fourth-order valence-electron chi connectivity index (χ4n) is 2.29. The number of urea groups is 1. The fraction of sp³-hybridized carbons (Fsp3) is 0.588. The number of hydrogen-bond donors (Lipinski definition) is 3. The van der Waals surface area contributed by atoms with Crippen molar-refractivity contribution in [3.05, 3.63) is 29.3 Å². The number of aliphatic hydroxyl groups excluding tert-OH is 1. The van der Waals surface area contributed by atoms with Gasteiger partial charge < -0.3 is 20.5 Å². The van der Waals surface area contributed by atoms with Crippen LogP contribution in [0.3, 0.4) is 0 Å². The van der Waals surface area contributed by atoms with Gasteiger partial charge in [-0.1, -0.05) is 37.6 Å². The quantitative estimate of drug-likeness (QED) is 0.679. The maximum atomic E-state index is 11.8. The molecule has 0 saturated heterocycles. The molecular formula is C17H27ClN2O3. The molecule has 1 aromatic carbocycles. The summed E-state index contributed by atoms with van der Waals surface area (Å²) in [6, 6.07) is 6.97. The predicted octanol–water partition coefficient (Wildman–Crippen LogP) is 3.20. The molecule has 0 bridgehead atoms. The molecule has 0 aliphatic carbocycles. The van der Waals surface area contributed by atoms with Crippen LogP contribution < -0.4 is 15.4 Å². The van der Waals surface area contributed by atoms with Gasteiger partial charge in [0.1, 0.15) is 11.9 Å². The summed E-state index contributed by atoms with van der Waals surface area (Å²) in [5.41, 5.74) is -0.162. The predicted molar refractivity (Wildman–Crippen MR) is 93.0 cm³/mol. The zero-order chi connectivity index (χ0) is 17.5. The maximum absolute atomic E-state index is 11.8. The Morgan fingerprint density at radius 1 is 1.30 bits per heavy atom. The Morgan fingerprint density at radius 3 is 2.57 bits per heavy atom. The number of benzene rings is 1. The first-order valence-electron chi connectivity index (χ1n) is 7.80. The van der Waals surface area contributed by atoms with Crippen LogP contribution in [-0.2, 0) is 0 Å². The van der Waals surface area contributed by atoms with Crippen molar-refractivity contribution in [3.8, 4) is 5.75 Å². The smallest absolute Gasteiger partial charge is 0.314 e. The molecule has 0 fully saturated rings. The van der Waals surface area contributed by atoms with Crippen molar-refractivity contribution in [1.82, 2.24) is 10.6 Å². The van der Waals surface area contributed by atoms with E-state index in [1.54, 1.807) is 19.1 Å². The number of nitrogens with one attached hydrogen (secondary N) is 2. The summed E-state index contributed by atoms with van der Waals surface area (Å²) in [5, 5.41) is 15.6. The third-order valence-electron chi connectivity index (χ3n) is 3.29. The molecule has 6 heteroatoms. The highest BCUT2D eigenvalue weighted by molar-refractivity contribution is 6.32. The van der Waals surface area contributed by atoms with E-state index in [1.807, 2.05) is 32.9 Å². The monoisotopic (exact) mass is 342 g/mol. The van der Waals surface area contributed by atoms with E-state index in [-0.39, 0.29) is 23.7 Å². The van der Waals surface area contributed by atoms with Crippen LogP contribution in [0.5, 0.6) is 5.75 Å². The lowest BCUT2D eigenvalue weighted by Gasteiger charge is -2.26. The highest BCUT2D eigenvalue weighted by atomic mass is 35.5. The average molecular weight is 343 g/mol. The van der Waals surface area contributed by atoms with Gasteiger partial charge in [0.25, 0.3) is 0 Å². The summed E-state index contributed by atoms with van der Waals surface area (Å²) >= 11 is 6.03. The molecule has 130 valence electrons. The number of ether oxygens (including phenoxy) is 1. The van der Waals surface area contributed by atoms with Gasteiger partial charge in [0.05, 0.1) is 17.7 Å². The number of carbonyl (C=O) groups is 1. The van der Waals surface area contributed by atoms with Gasteiger partial charge in [-0.3, -0.25) is 0 Å². The largest absolute Gasteiger partial charge is 0.487 e. The van der Waals surface area contributed by atoms with Gasteiger partial charge in [0.2, 0.25) is 0 Å². The Hall–Kier alpha value is -1.46. The molecule has 2 amide bonds. The molecule has 0 heterocycles. The summed E-state index contributed by atoms with van der Waals surface area (Å²) in [5.74, 6) is 0.599. The van der Waals surface area contributed by atoms with Crippen LogP contribution >= 0.6 is 11.6 Å². The molecule has 0 saturated carbocycles. The minimum absolute atomic E-state index is 0.162. The second kappa shape index (κ2) is 8.99. The zero-order valence-electron chi connectivity index (χ0n) is 14.2. The van der Waals surface area contributed by atoms with Crippen LogP contribution in [0.15, 0.2) is 24.3 Å². The van der Waals surface area contributed by atoms with Crippen molar-refractivity contribution in [1.29, 1.82) is 0 Å². The number of para-hydroxylation sites is 1. The zero-order valence-corrected chi connectivity index (χ0v) is 15.0. The number of halogens is 1. The van der Waals surface area contributed by atoms with Gasteiger partial charge in [-0.2, -0.15) is 0 Å². The van der Waals surface area contributed by atoms with Gasteiger partial charge in [-0.15, -0.1) is 0 Å². The Bertz CT molecular complexity index is 506. The maximum Gasteiger partial charge on any atom is 0.314 e. The highest BCUT2D eigenvalue weighted by Gasteiger charge is 2.21. The van der Waals surface area contributed by atoms with E-state index < -0.39 is 0 Å². The topological polar surface area (TPSA) is 70.6 Å². The molecular weight excluding hydrogens is 316 g/mol. The molecule has 0 aromatic heterocycles. The van der Waals surface area contributed by atoms with Crippen molar-refractivity contribution in [2.24, 2.45) is 5.41 Å². The Balaban J connectivity index is 2.31.